The number of rotatable bonds is 6. The SMILES string of the molecule is CN1CCCN(Cc2ccc(C=NN=C3NC(=O)C(CC(=O)O)S3)cc2)CC1. The van der Waals surface area contributed by atoms with Crippen molar-refractivity contribution >= 4 is 35.0 Å². The van der Waals surface area contributed by atoms with E-state index in [9.17, 15) is 9.59 Å². The van der Waals surface area contributed by atoms with E-state index in [1.807, 2.05) is 12.1 Å². The molecule has 2 fully saturated rings. The fourth-order valence-corrected chi connectivity index (χ4v) is 4.03. The van der Waals surface area contributed by atoms with E-state index in [4.69, 9.17) is 5.11 Å². The number of carboxylic acids is 1. The molecule has 0 bridgehead atoms. The van der Waals surface area contributed by atoms with Gasteiger partial charge in [-0.05, 0) is 37.7 Å². The van der Waals surface area contributed by atoms with E-state index in [-0.39, 0.29) is 12.3 Å². The Hall–Kier alpha value is -2.23. The van der Waals surface area contributed by atoms with Crippen molar-refractivity contribution in [1.82, 2.24) is 15.1 Å². The Morgan fingerprint density at radius 2 is 2.07 bits per heavy atom. The van der Waals surface area contributed by atoms with Crippen molar-refractivity contribution in [1.29, 1.82) is 0 Å². The molecule has 8 nitrogen and oxygen atoms in total. The van der Waals surface area contributed by atoms with Gasteiger partial charge in [0.15, 0.2) is 5.17 Å². The van der Waals surface area contributed by atoms with Crippen LogP contribution in [0.1, 0.15) is 24.0 Å². The number of nitrogens with zero attached hydrogens (tertiary/aromatic N) is 4. The summed E-state index contributed by atoms with van der Waals surface area (Å²) >= 11 is 1.09. The van der Waals surface area contributed by atoms with Gasteiger partial charge in [0.25, 0.3) is 0 Å². The molecule has 150 valence electrons. The molecule has 2 heterocycles. The van der Waals surface area contributed by atoms with Crippen molar-refractivity contribution in [2.24, 2.45) is 10.2 Å². The predicted octanol–water partition coefficient (Wildman–Crippen LogP) is 1.22. The first-order chi connectivity index (χ1) is 13.5. The monoisotopic (exact) mass is 403 g/mol. The maximum Gasteiger partial charge on any atom is 0.305 e. The molecule has 0 saturated carbocycles. The second-order valence-corrected chi connectivity index (χ2v) is 8.21. The number of amides is 1. The van der Waals surface area contributed by atoms with Crippen molar-refractivity contribution < 1.29 is 14.7 Å². The summed E-state index contributed by atoms with van der Waals surface area (Å²) in [6.07, 6.45) is 2.59. The molecule has 28 heavy (non-hydrogen) atoms. The molecule has 3 rings (SSSR count). The van der Waals surface area contributed by atoms with Crippen LogP contribution in [-0.4, -0.2) is 76.6 Å². The number of carbonyl (C=O) groups excluding carboxylic acids is 1. The van der Waals surface area contributed by atoms with Crippen LogP contribution in [0.5, 0.6) is 0 Å². The second-order valence-electron chi connectivity index (χ2n) is 7.02. The van der Waals surface area contributed by atoms with E-state index >= 15 is 0 Å². The number of carboxylic acid groups (broad SMARTS) is 1. The quantitative estimate of drug-likeness (QED) is 0.548. The number of hydrogen-bond donors (Lipinski definition) is 2. The van der Waals surface area contributed by atoms with Gasteiger partial charge in [-0.25, -0.2) is 0 Å². The Labute approximate surface area is 168 Å². The molecule has 1 aromatic carbocycles. The third-order valence-corrected chi connectivity index (χ3v) is 5.76. The minimum Gasteiger partial charge on any atom is -0.481 e. The van der Waals surface area contributed by atoms with Gasteiger partial charge in [0.05, 0.1) is 12.6 Å². The van der Waals surface area contributed by atoms with Crippen molar-refractivity contribution in [3.8, 4) is 0 Å². The average Bonchev–Trinajstić information content (AvgIpc) is 2.85. The highest BCUT2D eigenvalue weighted by molar-refractivity contribution is 8.15. The van der Waals surface area contributed by atoms with E-state index in [1.54, 1.807) is 6.21 Å². The number of nitrogens with one attached hydrogen (secondary N) is 1. The minimum atomic E-state index is -1.01. The largest absolute Gasteiger partial charge is 0.481 e. The standard InChI is InChI=1S/C19H25N5O3S/c1-23-7-2-8-24(10-9-23)13-15-5-3-14(4-6-15)12-20-22-19-21-18(27)16(28-19)11-17(25)26/h3-6,12,16H,2,7-11,13H2,1H3,(H,25,26)(H,21,22,27). The maximum atomic E-state index is 11.7. The van der Waals surface area contributed by atoms with E-state index in [0.717, 1.165) is 50.0 Å². The fourth-order valence-electron chi connectivity index (χ4n) is 3.12. The van der Waals surface area contributed by atoms with Crippen molar-refractivity contribution in [3.63, 3.8) is 0 Å². The zero-order chi connectivity index (χ0) is 19.9. The Bertz CT molecular complexity index is 765. The van der Waals surface area contributed by atoms with Gasteiger partial charge in [-0.3, -0.25) is 14.5 Å². The molecule has 0 aromatic heterocycles. The summed E-state index contributed by atoms with van der Waals surface area (Å²) in [4.78, 5) is 27.2. The van der Waals surface area contributed by atoms with Gasteiger partial charge in [0.1, 0.15) is 5.25 Å². The molecule has 1 amide bonds. The highest BCUT2D eigenvalue weighted by Crippen LogP contribution is 2.22. The molecule has 2 aliphatic heterocycles. The molecule has 9 heteroatoms. The van der Waals surface area contributed by atoms with Crippen LogP contribution in [-0.2, 0) is 16.1 Å². The Morgan fingerprint density at radius 3 is 2.82 bits per heavy atom. The second kappa shape index (κ2) is 9.81. The molecule has 2 aliphatic rings. The van der Waals surface area contributed by atoms with Crippen molar-refractivity contribution in [3.05, 3.63) is 35.4 Å². The average molecular weight is 404 g/mol. The summed E-state index contributed by atoms with van der Waals surface area (Å²) < 4.78 is 0. The molecular formula is C19H25N5O3S. The van der Waals surface area contributed by atoms with Crippen LogP contribution in [0.2, 0.25) is 0 Å². The van der Waals surface area contributed by atoms with Crippen LogP contribution >= 0.6 is 11.8 Å². The van der Waals surface area contributed by atoms with Crippen LogP contribution < -0.4 is 5.32 Å². The normalized spacial score (nSPS) is 23.2. The zero-order valence-corrected chi connectivity index (χ0v) is 16.7. The molecule has 1 atom stereocenters. The first-order valence-electron chi connectivity index (χ1n) is 9.30. The molecule has 2 saturated heterocycles. The molecule has 1 unspecified atom stereocenters. The summed E-state index contributed by atoms with van der Waals surface area (Å²) in [5.41, 5.74) is 2.18. The Morgan fingerprint density at radius 1 is 1.29 bits per heavy atom. The topological polar surface area (TPSA) is 97.6 Å². The summed E-state index contributed by atoms with van der Waals surface area (Å²) in [6.45, 7) is 5.42. The van der Waals surface area contributed by atoms with Crippen LogP contribution in [0.3, 0.4) is 0 Å². The Kier molecular flexibility index (Phi) is 7.18. The number of benzene rings is 1. The molecule has 0 spiro atoms. The van der Waals surface area contributed by atoms with Crippen LogP contribution in [0.15, 0.2) is 34.5 Å². The van der Waals surface area contributed by atoms with Gasteiger partial charge >= 0.3 is 5.97 Å². The Balaban J connectivity index is 1.51. The fraction of sp³-hybridized carbons (Fsp3) is 0.474. The lowest BCUT2D eigenvalue weighted by Gasteiger charge is -2.20. The summed E-state index contributed by atoms with van der Waals surface area (Å²) in [6, 6.07) is 8.18. The number of likely N-dealkylation sites (N-methyl/N-ethyl adjacent to an activating group) is 1. The van der Waals surface area contributed by atoms with Crippen LogP contribution in [0.25, 0.3) is 0 Å². The van der Waals surface area contributed by atoms with Gasteiger partial charge in [-0.15, -0.1) is 5.10 Å². The highest BCUT2D eigenvalue weighted by Gasteiger charge is 2.32. The maximum absolute atomic E-state index is 11.7. The zero-order valence-electron chi connectivity index (χ0n) is 15.9. The third-order valence-electron chi connectivity index (χ3n) is 4.69. The lowest BCUT2D eigenvalue weighted by Crippen LogP contribution is -2.28. The number of carbonyl (C=O) groups is 2. The van der Waals surface area contributed by atoms with Gasteiger partial charge in [-0.2, -0.15) is 5.10 Å². The number of aliphatic carboxylic acids is 1. The minimum absolute atomic E-state index is 0.228. The van der Waals surface area contributed by atoms with Gasteiger partial charge in [0.2, 0.25) is 5.91 Å². The molecule has 2 N–H and O–H groups in total. The smallest absolute Gasteiger partial charge is 0.305 e. The van der Waals surface area contributed by atoms with E-state index in [2.05, 4.69) is 44.5 Å². The van der Waals surface area contributed by atoms with E-state index < -0.39 is 11.2 Å². The summed E-state index contributed by atoms with van der Waals surface area (Å²) in [7, 11) is 2.17. The van der Waals surface area contributed by atoms with Crippen LogP contribution in [0.4, 0.5) is 0 Å². The first-order valence-corrected chi connectivity index (χ1v) is 10.2. The third kappa shape index (κ3) is 6.15. The van der Waals surface area contributed by atoms with E-state index in [1.165, 1.54) is 12.0 Å². The first kappa shape index (κ1) is 20.5. The summed E-state index contributed by atoms with van der Waals surface area (Å²) in [5, 5.41) is 19.0. The predicted molar refractivity (Wildman–Crippen MR) is 111 cm³/mol. The number of hydrogen-bond acceptors (Lipinski definition) is 7. The molecule has 0 aliphatic carbocycles. The molecule has 0 radical (unpaired) electrons. The van der Waals surface area contributed by atoms with Gasteiger partial charge < -0.3 is 15.3 Å². The number of amidine groups is 1. The van der Waals surface area contributed by atoms with Crippen molar-refractivity contribution in [2.45, 2.75) is 24.6 Å². The number of thioether (sulfide) groups is 1. The lowest BCUT2D eigenvalue weighted by molar-refractivity contribution is -0.138. The van der Waals surface area contributed by atoms with Gasteiger partial charge in [0, 0.05) is 19.6 Å². The van der Waals surface area contributed by atoms with Gasteiger partial charge in [-0.1, -0.05) is 36.0 Å². The molecule has 1 aromatic rings. The van der Waals surface area contributed by atoms with Crippen molar-refractivity contribution in [2.75, 3.05) is 33.2 Å². The summed E-state index contributed by atoms with van der Waals surface area (Å²) in [5.74, 6) is -1.35. The van der Waals surface area contributed by atoms with E-state index in [0.29, 0.717) is 5.17 Å². The van der Waals surface area contributed by atoms with Crippen LogP contribution in [0, 0.1) is 0 Å². The highest BCUT2D eigenvalue weighted by atomic mass is 32.2. The molecular weight excluding hydrogens is 378 g/mol. The lowest BCUT2D eigenvalue weighted by atomic mass is 10.1.